The van der Waals surface area contributed by atoms with E-state index in [-0.39, 0.29) is 17.9 Å². The van der Waals surface area contributed by atoms with Crippen LogP contribution >= 0.6 is 0 Å². The number of urea groups is 1. The predicted octanol–water partition coefficient (Wildman–Crippen LogP) is 1.35. The number of hydrogen-bond acceptors (Lipinski definition) is 3. The van der Waals surface area contributed by atoms with Crippen LogP contribution in [0.2, 0.25) is 0 Å². The van der Waals surface area contributed by atoms with Crippen molar-refractivity contribution in [2.75, 3.05) is 10.6 Å². The average molecular weight is 233 g/mol. The van der Waals surface area contributed by atoms with Gasteiger partial charge >= 0.3 is 6.03 Å². The Balaban J connectivity index is 2.34. The van der Waals surface area contributed by atoms with E-state index in [1.54, 1.807) is 24.3 Å². The van der Waals surface area contributed by atoms with Crippen molar-refractivity contribution >= 4 is 23.3 Å². The van der Waals surface area contributed by atoms with Crippen molar-refractivity contribution in [2.24, 2.45) is 5.92 Å². The van der Waals surface area contributed by atoms with Gasteiger partial charge in [-0.25, -0.2) is 9.69 Å². The topological polar surface area (TPSA) is 75.4 Å². The summed E-state index contributed by atoms with van der Waals surface area (Å²) in [7, 11) is 0. The number of rotatable bonds is 2. The van der Waals surface area contributed by atoms with Gasteiger partial charge in [0.2, 0.25) is 0 Å². The minimum absolute atomic E-state index is 0.0671. The van der Waals surface area contributed by atoms with Crippen LogP contribution in [0.15, 0.2) is 24.3 Å². The second-order valence-electron chi connectivity index (χ2n) is 4.44. The molecule has 0 radical (unpaired) electrons. The lowest BCUT2D eigenvalue weighted by molar-refractivity contribution is -0.119. The lowest BCUT2D eigenvalue weighted by Crippen LogP contribution is -2.34. The highest BCUT2D eigenvalue weighted by Gasteiger charge is 2.40. The summed E-state index contributed by atoms with van der Waals surface area (Å²) in [5.41, 5.74) is 6.68. The van der Waals surface area contributed by atoms with Crippen LogP contribution in [0, 0.1) is 5.92 Å². The normalized spacial score (nSPS) is 19.9. The first-order valence-corrected chi connectivity index (χ1v) is 5.50. The van der Waals surface area contributed by atoms with Crippen LogP contribution in [-0.2, 0) is 4.79 Å². The molecular formula is C12H15N3O2. The third-order valence-electron chi connectivity index (χ3n) is 2.76. The summed E-state index contributed by atoms with van der Waals surface area (Å²) in [5.74, 6) is -0.159. The van der Waals surface area contributed by atoms with Crippen LogP contribution in [0.4, 0.5) is 16.2 Å². The predicted molar refractivity (Wildman–Crippen MR) is 65.5 cm³/mol. The Bertz CT molecular complexity index is 471. The first-order chi connectivity index (χ1) is 8.00. The smallest absolute Gasteiger partial charge is 0.329 e. The zero-order valence-electron chi connectivity index (χ0n) is 9.81. The van der Waals surface area contributed by atoms with Crippen molar-refractivity contribution in [2.45, 2.75) is 19.9 Å². The molecule has 0 aromatic heterocycles. The van der Waals surface area contributed by atoms with E-state index in [1.165, 1.54) is 0 Å². The second-order valence-corrected chi connectivity index (χ2v) is 4.44. The number of anilines is 2. The van der Waals surface area contributed by atoms with E-state index in [4.69, 9.17) is 5.73 Å². The minimum Gasteiger partial charge on any atom is -0.399 e. The van der Waals surface area contributed by atoms with Gasteiger partial charge in [-0.15, -0.1) is 0 Å². The quantitative estimate of drug-likeness (QED) is 0.598. The van der Waals surface area contributed by atoms with Gasteiger partial charge in [-0.1, -0.05) is 19.9 Å². The van der Waals surface area contributed by atoms with E-state index < -0.39 is 6.04 Å². The second kappa shape index (κ2) is 4.08. The summed E-state index contributed by atoms with van der Waals surface area (Å²) < 4.78 is 0. The zero-order chi connectivity index (χ0) is 12.6. The number of hydrogen-bond donors (Lipinski definition) is 2. The van der Waals surface area contributed by atoms with Crippen molar-refractivity contribution < 1.29 is 9.59 Å². The molecule has 1 aliphatic rings. The third-order valence-corrected chi connectivity index (χ3v) is 2.76. The Morgan fingerprint density at radius 2 is 2.06 bits per heavy atom. The van der Waals surface area contributed by atoms with Gasteiger partial charge in [0.25, 0.3) is 5.91 Å². The number of carbonyl (C=O) groups is 2. The molecule has 3 amide bonds. The molecule has 0 spiro atoms. The monoisotopic (exact) mass is 233 g/mol. The van der Waals surface area contributed by atoms with E-state index in [1.807, 2.05) is 13.8 Å². The highest BCUT2D eigenvalue weighted by atomic mass is 16.2. The molecule has 2 rings (SSSR count). The summed E-state index contributed by atoms with van der Waals surface area (Å²) in [6.45, 7) is 3.79. The highest BCUT2D eigenvalue weighted by Crippen LogP contribution is 2.23. The number of nitrogens with one attached hydrogen (secondary N) is 1. The standard InChI is InChI=1S/C12H15N3O2/c1-7(2)10-11(16)15(12(17)14-10)9-5-3-4-8(13)6-9/h3-7,10H,13H2,1-2H3,(H,14,17). The highest BCUT2D eigenvalue weighted by molar-refractivity contribution is 6.21. The van der Waals surface area contributed by atoms with Crippen LogP contribution < -0.4 is 16.0 Å². The molecule has 1 aromatic rings. The largest absolute Gasteiger partial charge is 0.399 e. The van der Waals surface area contributed by atoms with Crippen LogP contribution in [0.25, 0.3) is 0 Å². The SMILES string of the molecule is CC(C)C1NC(=O)N(c2cccc(N)c2)C1=O. The molecule has 1 fully saturated rings. The Morgan fingerprint density at radius 1 is 1.35 bits per heavy atom. The van der Waals surface area contributed by atoms with Gasteiger partial charge < -0.3 is 11.1 Å². The number of benzene rings is 1. The maximum atomic E-state index is 12.1. The fourth-order valence-corrected chi connectivity index (χ4v) is 1.86. The minimum atomic E-state index is -0.455. The maximum Gasteiger partial charge on any atom is 0.329 e. The summed E-state index contributed by atoms with van der Waals surface area (Å²) >= 11 is 0. The Labute approximate surface area is 99.6 Å². The van der Waals surface area contributed by atoms with Gasteiger partial charge in [0.1, 0.15) is 6.04 Å². The van der Waals surface area contributed by atoms with E-state index in [9.17, 15) is 9.59 Å². The molecule has 3 N–H and O–H groups in total. The first-order valence-electron chi connectivity index (χ1n) is 5.50. The molecule has 1 aliphatic heterocycles. The molecule has 5 nitrogen and oxygen atoms in total. The first kappa shape index (κ1) is 11.4. The molecule has 1 aromatic carbocycles. The number of nitrogens with zero attached hydrogens (tertiary/aromatic N) is 1. The molecule has 1 saturated heterocycles. The molecule has 0 aliphatic carbocycles. The lowest BCUT2D eigenvalue weighted by Gasteiger charge is -2.14. The summed E-state index contributed by atoms with van der Waals surface area (Å²) in [4.78, 5) is 25.0. The fraction of sp³-hybridized carbons (Fsp3) is 0.333. The van der Waals surface area contributed by atoms with Crippen molar-refractivity contribution in [3.05, 3.63) is 24.3 Å². The van der Waals surface area contributed by atoms with Crippen LogP contribution in [0.1, 0.15) is 13.8 Å². The molecule has 0 bridgehead atoms. The van der Waals surface area contributed by atoms with Gasteiger partial charge in [0.05, 0.1) is 5.69 Å². The van der Waals surface area contributed by atoms with Crippen LogP contribution in [0.3, 0.4) is 0 Å². The summed E-state index contributed by atoms with van der Waals surface area (Å²) in [6, 6.07) is 5.88. The lowest BCUT2D eigenvalue weighted by atomic mass is 10.0. The van der Waals surface area contributed by atoms with Gasteiger partial charge in [0.15, 0.2) is 0 Å². The van der Waals surface area contributed by atoms with E-state index in [0.29, 0.717) is 11.4 Å². The van der Waals surface area contributed by atoms with Crippen molar-refractivity contribution in [3.8, 4) is 0 Å². The molecule has 1 heterocycles. The van der Waals surface area contributed by atoms with Crippen molar-refractivity contribution in [3.63, 3.8) is 0 Å². The number of nitrogen functional groups attached to an aromatic ring is 1. The third kappa shape index (κ3) is 1.95. The van der Waals surface area contributed by atoms with Crippen molar-refractivity contribution in [1.29, 1.82) is 0 Å². The van der Waals surface area contributed by atoms with E-state index in [0.717, 1.165) is 4.90 Å². The Kier molecular flexibility index (Phi) is 2.75. The van der Waals surface area contributed by atoms with Gasteiger partial charge in [-0.3, -0.25) is 4.79 Å². The summed E-state index contributed by atoms with van der Waals surface area (Å²) in [6.07, 6.45) is 0. The fourth-order valence-electron chi connectivity index (χ4n) is 1.86. The molecule has 17 heavy (non-hydrogen) atoms. The number of imide groups is 1. The van der Waals surface area contributed by atoms with Crippen molar-refractivity contribution in [1.82, 2.24) is 5.32 Å². The molecular weight excluding hydrogens is 218 g/mol. The van der Waals surface area contributed by atoms with Gasteiger partial charge in [-0.05, 0) is 24.1 Å². The van der Waals surface area contributed by atoms with Gasteiger partial charge in [0, 0.05) is 5.69 Å². The number of carbonyl (C=O) groups excluding carboxylic acids is 2. The number of nitrogens with two attached hydrogens (primary N) is 1. The zero-order valence-corrected chi connectivity index (χ0v) is 9.81. The van der Waals surface area contributed by atoms with Crippen LogP contribution in [-0.4, -0.2) is 18.0 Å². The molecule has 90 valence electrons. The molecule has 0 saturated carbocycles. The van der Waals surface area contributed by atoms with Crippen LogP contribution in [0.5, 0.6) is 0 Å². The molecule has 5 heteroatoms. The summed E-state index contributed by atoms with van der Waals surface area (Å²) in [5, 5.41) is 2.67. The van der Waals surface area contributed by atoms with Gasteiger partial charge in [-0.2, -0.15) is 0 Å². The average Bonchev–Trinajstić information content (AvgIpc) is 2.54. The molecule has 1 unspecified atom stereocenters. The number of amides is 3. The van der Waals surface area contributed by atoms with E-state index >= 15 is 0 Å². The maximum absolute atomic E-state index is 12.1. The molecule has 1 atom stereocenters. The van der Waals surface area contributed by atoms with E-state index in [2.05, 4.69) is 5.32 Å². The Hall–Kier alpha value is -2.04. The Morgan fingerprint density at radius 3 is 2.59 bits per heavy atom.